The zero-order chi connectivity index (χ0) is 16.9. The van der Waals surface area contributed by atoms with Gasteiger partial charge >= 0.3 is 0 Å². The molecular weight excluding hydrogens is 320 g/mol. The van der Waals surface area contributed by atoms with Crippen LogP contribution in [-0.4, -0.2) is 18.0 Å². The van der Waals surface area contributed by atoms with Gasteiger partial charge in [0, 0.05) is 16.9 Å². The predicted molar refractivity (Wildman–Crippen MR) is 98.7 cm³/mol. The highest BCUT2D eigenvalue weighted by atomic mass is 32.1. The van der Waals surface area contributed by atoms with Gasteiger partial charge in [0.05, 0.1) is 12.8 Å². The van der Waals surface area contributed by atoms with Gasteiger partial charge in [-0.15, -0.1) is 11.3 Å². The van der Waals surface area contributed by atoms with Crippen molar-refractivity contribution in [3.05, 3.63) is 29.1 Å². The molecule has 2 aromatic rings. The highest BCUT2D eigenvalue weighted by Gasteiger charge is 2.17. The van der Waals surface area contributed by atoms with E-state index in [1.807, 2.05) is 31.2 Å². The van der Waals surface area contributed by atoms with Crippen LogP contribution < -0.4 is 10.1 Å². The Morgan fingerprint density at radius 2 is 2.00 bits per heavy atom. The maximum absolute atomic E-state index is 12.1. The number of aryl methyl sites for hydroxylation is 1. The molecule has 1 aromatic heterocycles. The topological polar surface area (TPSA) is 51.2 Å². The molecular formula is C19H24N2O2S. The van der Waals surface area contributed by atoms with Crippen molar-refractivity contribution in [1.82, 2.24) is 4.98 Å². The number of anilines is 1. The van der Waals surface area contributed by atoms with E-state index in [9.17, 15) is 4.79 Å². The number of hydrogen-bond donors (Lipinski definition) is 1. The fourth-order valence-electron chi connectivity index (χ4n) is 3.28. The van der Waals surface area contributed by atoms with Gasteiger partial charge in [0.1, 0.15) is 5.75 Å². The first kappa shape index (κ1) is 17.0. The average molecular weight is 344 g/mol. The van der Waals surface area contributed by atoms with Gasteiger partial charge in [0.25, 0.3) is 0 Å². The maximum Gasteiger partial charge on any atom is 0.226 e. The Kier molecular flexibility index (Phi) is 5.51. The van der Waals surface area contributed by atoms with Crippen molar-refractivity contribution < 1.29 is 9.53 Å². The van der Waals surface area contributed by atoms with E-state index in [1.54, 1.807) is 7.11 Å². The quantitative estimate of drug-likeness (QED) is 0.799. The first-order chi connectivity index (χ1) is 11.7. The van der Waals surface area contributed by atoms with Crippen LogP contribution in [0.15, 0.2) is 24.3 Å². The van der Waals surface area contributed by atoms with Gasteiger partial charge in [-0.25, -0.2) is 4.98 Å². The lowest BCUT2D eigenvalue weighted by Crippen LogP contribution is -2.12. The third kappa shape index (κ3) is 4.15. The number of rotatable bonds is 6. The number of ether oxygens (including phenoxy) is 1. The molecule has 0 bridgehead atoms. The minimum atomic E-state index is 0.0805. The fraction of sp³-hybridized carbons (Fsp3) is 0.474. The smallest absolute Gasteiger partial charge is 0.226 e. The number of thiazole rings is 1. The van der Waals surface area contributed by atoms with Crippen LogP contribution in [0.4, 0.5) is 5.13 Å². The number of methoxy groups -OCH3 is 1. The summed E-state index contributed by atoms with van der Waals surface area (Å²) in [6, 6.07) is 7.83. The lowest BCUT2D eigenvalue weighted by molar-refractivity contribution is -0.116. The van der Waals surface area contributed by atoms with E-state index in [0.717, 1.165) is 34.2 Å². The van der Waals surface area contributed by atoms with Gasteiger partial charge in [0.2, 0.25) is 5.91 Å². The molecule has 1 heterocycles. The fourth-order valence-corrected chi connectivity index (χ4v) is 4.13. The molecule has 24 heavy (non-hydrogen) atoms. The van der Waals surface area contributed by atoms with Crippen LogP contribution in [0.25, 0.3) is 11.3 Å². The van der Waals surface area contributed by atoms with E-state index in [4.69, 9.17) is 4.74 Å². The van der Waals surface area contributed by atoms with Gasteiger partial charge in [-0.3, -0.25) is 4.79 Å². The molecule has 0 unspecified atom stereocenters. The molecule has 1 aromatic carbocycles. The second kappa shape index (κ2) is 7.79. The van der Waals surface area contributed by atoms with Crippen LogP contribution in [-0.2, 0) is 4.79 Å². The molecule has 3 rings (SSSR count). The van der Waals surface area contributed by atoms with E-state index in [2.05, 4.69) is 10.3 Å². The summed E-state index contributed by atoms with van der Waals surface area (Å²) in [6.45, 7) is 2.03. The Balaban J connectivity index is 1.61. The second-order valence-electron chi connectivity index (χ2n) is 6.39. The third-order valence-corrected chi connectivity index (χ3v) is 5.55. The Morgan fingerprint density at radius 1 is 1.29 bits per heavy atom. The molecule has 1 aliphatic rings. The normalized spacial score (nSPS) is 14.8. The highest BCUT2D eigenvalue weighted by Crippen LogP contribution is 2.32. The number of carbonyl (C=O) groups is 1. The summed E-state index contributed by atoms with van der Waals surface area (Å²) in [5.74, 6) is 1.65. The Morgan fingerprint density at radius 3 is 2.67 bits per heavy atom. The van der Waals surface area contributed by atoms with Crippen molar-refractivity contribution in [2.24, 2.45) is 5.92 Å². The van der Waals surface area contributed by atoms with Crippen LogP contribution in [0.5, 0.6) is 5.75 Å². The van der Waals surface area contributed by atoms with E-state index < -0.39 is 0 Å². The van der Waals surface area contributed by atoms with E-state index >= 15 is 0 Å². The molecule has 1 fully saturated rings. The average Bonchev–Trinajstić information content (AvgIpc) is 3.23. The summed E-state index contributed by atoms with van der Waals surface area (Å²) in [5, 5.41) is 3.65. The number of carbonyl (C=O) groups excluding carboxylic acids is 1. The number of aromatic nitrogens is 1. The number of nitrogens with one attached hydrogen (secondary N) is 1. The van der Waals surface area contributed by atoms with Gasteiger partial charge in [0.15, 0.2) is 5.13 Å². The van der Waals surface area contributed by atoms with Crippen LogP contribution >= 0.6 is 11.3 Å². The molecule has 1 amide bonds. The van der Waals surface area contributed by atoms with E-state index in [-0.39, 0.29) is 5.91 Å². The van der Waals surface area contributed by atoms with Gasteiger partial charge in [-0.1, -0.05) is 25.7 Å². The number of hydrogen-bond acceptors (Lipinski definition) is 4. The van der Waals surface area contributed by atoms with Crippen LogP contribution in [0, 0.1) is 12.8 Å². The Bertz CT molecular complexity index is 688. The third-order valence-electron chi connectivity index (χ3n) is 4.66. The molecule has 128 valence electrons. The minimum Gasteiger partial charge on any atom is -0.497 e. The molecule has 0 aliphatic heterocycles. The zero-order valence-electron chi connectivity index (χ0n) is 14.3. The van der Waals surface area contributed by atoms with Gasteiger partial charge < -0.3 is 10.1 Å². The molecule has 4 nitrogen and oxygen atoms in total. The molecule has 1 aliphatic carbocycles. The molecule has 1 saturated carbocycles. The number of nitrogens with zero attached hydrogens (tertiary/aromatic N) is 1. The van der Waals surface area contributed by atoms with Crippen molar-refractivity contribution in [3.8, 4) is 17.0 Å². The van der Waals surface area contributed by atoms with Gasteiger partial charge in [-0.2, -0.15) is 0 Å². The van der Waals surface area contributed by atoms with Crippen molar-refractivity contribution in [1.29, 1.82) is 0 Å². The van der Waals surface area contributed by atoms with Crippen molar-refractivity contribution >= 4 is 22.4 Å². The van der Waals surface area contributed by atoms with Crippen LogP contribution in [0.2, 0.25) is 0 Å². The molecule has 0 atom stereocenters. The zero-order valence-corrected chi connectivity index (χ0v) is 15.1. The van der Waals surface area contributed by atoms with Crippen LogP contribution in [0.3, 0.4) is 0 Å². The summed E-state index contributed by atoms with van der Waals surface area (Å²) < 4.78 is 5.19. The summed E-state index contributed by atoms with van der Waals surface area (Å²) in [7, 11) is 1.66. The second-order valence-corrected chi connectivity index (χ2v) is 7.59. The Hall–Kier alpha value is -1.88. The van der Waals surface area contributed by atoms with E-state index in [1.165, 1.54) is 37.0 Å². The first-order valence-electron chi connectivity index (χ1n) is 8.57. The summed E-state index contributed by atoms with van der Waals surface area (Å²) in [6.07, 6.45) is 6.81. The number of amides is 1. The molecule has 1 N–H and O–H groups in total. The predicted octanol–water partition coefficient (Wildman–Crippen LogP) is 5.04. The molecule has 0 radical (unpaired) electrons. The Labute approximate surface area is 147 Å². The highest BCUT2D eigenvalue weighted by molar-refractivity contribution is 7.16. The maximum atomic E-state index is 12.1. The standard InChI is InChI=1S/C19H24N2O2S/c1-13-18(15-8-10-16(23-2)11-9-15)21-19(24-13)20-17(22)12-7-14-5-3-4-6-14/h8-11,14H,3-7,12H2,1-2H3,(H,20,21,22). The largest absolute Gasteiger partial charge is 0.497 e. The van der Waals surface area contributed by atoms with Crippen molar-refractivity contribution in [2.45, 2.75) is 45.4 Å². The minimum absolute atomic E-state index is 0.0805. The van der Waals surface area contributed by atoms with E-state index in [0.29, 0.717) is 11.6 Å². The lowest BCUT2D eigenvalue weighted by Gasteiger charge is -2.07. The lowest BCUT2D eigenvalue weighted by atomic mass is 10.0. The number of benzene rings is 1. The van der Waals surface area contributed by atoms with Gasteiger partial charge in [-0.05, 0) is 43.5 Å². The van der Waals surface area contributed by atoms with Crippen LogP contribution in [0.1, 0.15) is 43.4 Å². The SMILES string of the molecule is COc1ccc(-c2nc(NC(=O)CCC3CCCC3)sc2C)cc1. The molecule has 5 heteroatoms. The summed E-state index contributed by atoms with van der Waals surface area (Å²) >= 11 is 1.53. The molecule has 0 saturated heterocycles. The monoisotopic (exact) mass is 344 g/mol. The summed E-state index contributed by atoms with van der Waals surface area (Å²) in [5.41, 5.74) is 1.96. The first-order valence-corrected chi connectivity index (χ1v) is 9.39. The van der Waals surface area contributed by atoms with Crippen molar-refractivity contribution in [2.75, 3.05) is 12.4 Å². The summed E-state index contributed by atoms with van der Waals surface area (Å²) in [4.78, 5) is 17.9. The molecule has 0 spiro atoms. The van der Waals surface area contributed by atoms with Crippen molar-refractivity contribution in [3.63, 3.8) is 0 Å².